The Morgan fingerprint density at radius 2 is 2.12 bits per heavy atom. The SMILES string of the molecule is COCCN(Cc1nc2ccccc2c(=O)[nH]1)C(=O)c1ccc(Br)o1. The third-order valence-corrected chi connectivity index (χ3v) is 4.07. The molecule has 0 aliphatic rings. The van der Waals surface area contributed by atoms with E-state index in [0.29, 0.717) is 34.5 Å². The smallest absolute Gasteiger partial charge is 0.290 e. The van der Waals surface area contributed by atoms with Gasteiger partial charge in [0.1, 0.15) is 5.82 Å². The number of carbonyl (C=O) groups is 1. The second-order valence-electron chi connectivity index (χ2n) is 5.35. The van der Waals surface area contributed by atoms with Gasteiger partial charge in [-0.25, -0.2) is 4.98 Å². The van der Waals surface area contributed by atoms with Crippen LogP contribution in [0.1, 0.15) is 16.4 Å². The quantitative estimate of drug-likeness (QED) is 0.680. The summed E-state index contributed by atoms with van der Waals surface area (Å²) in [7, 11) is 1.56. The average Bonchev–Trinajstić information content (AvgIpc) is 3.04. The van der Waals surface area contributed by atoms with E-state index < -0.39 is 0 Å². The molecule has 2 heterocycles. The molecule has 0 bridgehead atoms. The normalized spacial score (nSPS) is 11.0. The molecule has 2 aromatic heterocycles. The fraction of sp³-hybridized carbons (Fsp3) is 0.235. The van der Waals surface area contributed by atoms with Crippen LogP contribution in [-0.2, 0) is 11.3 Å². The lowest BCUT2D eigenvalue weighted by Crippen LogP contribution is -2.34. The van der Waals surface area contributed by atoms with Gasteiger partial charge in [0, 0.05) is 13.7 Å². The van der Waals surface area contributed by atoms with Gasteiger partial charge in [0.2, 0.25) is 0 Å². The van der Waals surface area contributed by atoms with Gasteiger partial charge in [-0.2, -0.15) is 0 Å². The number of fused-ring (bicyclic) bond motifs is 1. The molecule has 7 nitrogen and oxygen atoms in total. The Bertz CT molecular complexity index is 950. The van der Waals surface area contributed by atoms with Crippen molar-refractivity contribution in [3.8, 4) is 0 Å². The van der Waals surface area contributed by atoms with Gasteiger partial charge in [-0.3, -0.25) is 9.59 Å². The van der Waals surface area contributed by atoms with Crippen molar-refractivity contribution in [1.29, 1.82) is 0 Å². The monoisotopic (exact) mass is 405 g/mol. The Morgan fingerprint density at radius 3 is 2.84 bits per heavy atom. The van der Waals surface area contributed by atoms with Gasteiger partial charge >= 0.3 is 0 Å². The summed E-state index contributed by atoms with van der Waals surface area (Å²) >= 11 is 3.18. The molecule has 0 aliphatic heterocycles. The Hall–Kier alpha value is -2.45. The van der Waals surface area contributed by atoms with E-state index in [2.05, 4.69) is 25.9 Å². The third kappa shape index (κ3) is 3.97. The Labute approximate surface area is 151 Å². The van der Waals surface area contributed by atoms with Gasteiger partial charge < -0.3 is 19.0 Å². The number of benzene rings is 1. The predicted molar refractivity (Wildman–Crippen MR) is 95.4 cm³/mol. The molecule has 0 atom stereocenters. The highest BCUT2D eigenvalue weighted by molar-refractivity contribution is 9.10. The molecule has 8 heteroatoms. The van der Waals surface area contributed by atoms with Crippen LogP contribution in [0.25, 0.3) is 10.9 Å². The van der Waals surface area contributed by atoms with Crippen LogP contribution in [-0.4, -0.2) is 41.0 Å². The van der Waals surface area contributed by atoms with Crippen molar-refractivity contribution in [1.82, 2.24) is 14.9 Å². The molecule has 0 fully saturated rings. The number of amides is 1. The van der Waals surface area contributed by atoms with Gasteiger partial charge in [-0.15, -0.1) is 0 Å². The van der Waals surface area contributed by atoms with Crippen molar-refractivity contribution in [2.75, 3.05) is 20.3 Å². The van der Waals surface area contributed by atoms with E-state index >= 15 is 0 Å². The van der Waals surface area contributed by atoms with Crippen molar-refractivity contribution in [3.63, 3.8) is 0 Å². The highest BCUT2D eigenvalue weighted by Gasteiger charge is 2.20. The Morgan fingerprint density at radius 1 is 1.32 bits per heavy atom. The lowest BCUT2D eigenvalue weighted by Gasteiger charge is -2.20. The van der Waals surface area contributed by atoms with Crippen LogP contribution in [0.2, 0.25) is 0 Å². The predicted octanol–water partition coefficient (Wildman–Crippen LogP) is 2.57. The molecule has 0 saturated carbocycles. The summed E-state index contributed by atoms with van der Waals surface area (Å²) in [5.74, 6) is 0.295. The Balaban J connectivity index is 1.89. The minimum absolute atomic E-state index is 0.139. The summed E-state index contributed by atoms with van der Waals surface area (Å²) in [4.78, 5) is 33.5. The first-order valence-electron chi connectivity index (χ1n) is 7.60. The second kappa shape index (κ2) is 7.62. The van der Waals surface area contributed by atoms with E-state index in [4.69, 9.17) is 9.15 Å². The maximum Gasteiger partial charge on any atom is 0.290 e. The molecule has 0 saturated heterocycles. The Kier molecular flexibility index (Phi) is 5.30. The van der Waals surface area contributed by atoms with Crippen molar-refractivity contribution in [2.45, 2.75) is 6.54 Å². The number of methoxy groups -OCH3 is 1. The molecule has 1 aromatic carbocycles. The molecule has 0 spiro atoms. The number of aromatic amines is 1. The van der Waals surface area contributed by atoms with E-state index in [1.807, 2.05) is 6.07 Å². The highest BCUT2D eigenvalue weighted by Crippen LogP contribution is 2.17. The summed E-state index contributed by atoms with van der Waals surface area (Å²) in [5.41, 5.74) is 0.349. The maximum atomic E-state index is 12.7. The molecule has 0 aliphatic carbocycles. The molecule has 3 rings (SSSR count). The largest absolute Gasteiger partial charge is 0.444 e. The first-order chi connectivity index (χ1) is 12.1. The summed E-state index contributed by atoms with van der Waals surface area (Å²) < 4.78 is 10.9. The number of nitrogens with zero attached hydrogens (tertiary/aromatic N) is 2. The number of H-pyrrole nitrogens is 1. The number of aromatic nitrogens is 2. The number of nitrogens with one attached hydrogen (secondary N) is 1. The van der Waals surface area contributed by atoms with E-state index in [0.717, 1.165) is 0 Å². The molecule has 0 radical (unpaired) electrons. The highest BCUT2D eigenvalue weighted by atomic mass is 79.9. The van der Waals surface area contributed by atoms with Crippen LogP contribution in [0.5, 0.6) is 0 Å². The maximum absolute atomic E-state index is 12.7. The molecule has 1 amide bonds. The zero-order chi connectivity index (χ0) is 17.8. The minimum atomic E-state index is -0.307. The van der Waals surface area contributed by atoms with Gasteiger partial charge in [0.15, 0.2) is 10.4 Å². The molecule has 1 N–H and O–H groups in total. The van der Waals surface area contributed by atoms with Crippen LogP contribution in [0.3, 0.4) is 0 Å². The number of rotatable bonds is 6. The fourth-order valence-corrected chi connectivity index (χ4v) is 2.74. The fourth-order valence-electron chi connectivity index (χ4n) is 2.43. The second-order valence-corrected chi connectivity index (χ2v) is 6.13. The lowest BCUT2D eigenvalue weighted by atomic mass is 10.2. The summed E-state index contributed by atoms with van der Waals surface area (Å²) in [6.45, 7) is 0.830. The van der Waals surface area contributed by atoms with E-state index in [9.17, 15) is 9.59 Å². The van der Waals surface area contributed by atoms with Crippen LogP contribution >= 0.6 is 15.9 Å². The van der Waals surface area contributed by atoms with Crippen LogP contribution in [0.4, 0.5) is 0 Å². The number of para-hydroxylation sites is 1. The van der Waals surface area contributed by atoms with Crippen molar-refractivity contribution >= 4 is 32.7 Å². The van der Waals surface area contributed by atoms with E-state index in [-0.39, 0.29) is 23.8 Å². The first-order valence-corrected chi connectivity index (χ1v) is 8.39. The number of halogens is 1. The zero-order valence-corrected chi connectivity index (χ0v) is 15.1. The molecule has 25 heavy (non-hydrogen) atoms. The van der Waals surface area contributed by atoms with E-state index in [1.54, 1.807) is 37.4 Å². The van der Waals surface area contributed by atoms with Gasteiger partial charge in [-0.05, 0) is 40.2 Å². The number of hydrogen-bond donors (Lipinski definition) is 1. The molecule has 0 unspecified atom stereocenters. The zero-order valence-electron chi connectivity index (χ0n) is 13.5. The average molecular weight is 406 g/mol. The lowest BCUT2D eigenvalue weighted by molar-refractivity contribution is 0.0643. The van der Waals surface area contributed by atoms with Crippen LogP contribution in [0.15, 0.2) is 50.3 Å². The number of carbonyl (C=O) groups excluding carboxylic acids is 1. The summed E-state index contributed by atoms with van der Waals surface area (Å²) in [5, 5.41) is 0.510. The summed E-state index contributed by atoms with van der Waals surface area (Å²) in [6, 6.07) is 10.3. The third-order valence-electron chi connectivity index (χ3n) is 3.64. The molecule has 130 valence electrons. The van der Waals surface area contributed by atoms with Crippen molar-refractivity contribution < 1.29 is 13.9 Å². The van der Waals surface area contributed by atoms with Crippen LogP contribution < -0.4 is 5.56 Å². The molecule has 3 aromatic rings. The van der Waals surface area contributed by atoms with Gasteiger partial charge in [-0.1, -0.05) is 12.1 Å². The van der Waals surface area contributed by atoms with Crippen molar-refractivity contribution in [3.05, 3.63) is 63.0 Å². The topological polar surface area (TPSA) is 88.4 Å². The van der Waals surface area contributed by atoms with Gasteiger partial charge in [0.25, 0.3) is 11.5 Å². The van der Waals surface area contributed by atoms with Crippen molar-refractivity contribution in [2.24, 2.45) is 0 Å². The first kappa shape index (κ1) is 17.4. The minimum Gasteiger partial charge on any atom is -0.444 e. The molecular weight excluding hydrogens is 390 g/mol. The van der Waals surface area contributed by atoms with Crippen LogP contribution in [0, 0.1) is 0 Å². The number of furan rings is 1. The number of ether oxygens (including phenoxy) is 1. The summed E-state index contributed by atoms with van der Waals surface area (Å²) in [6.07, 6.45) is 0. The van der Waals surface area contributed by atoms with Gasteiger partial charge in [0.05, 0.1) is 24.1 Å². The standard InChI is InChI=1S/C17H16BrN3O4/c1-24-9-8-21(17(23)13-6-7-14(18)25-13)10-15-19-12-5-3-2-4-11(12)16(22)20-15/h2-7H,8-10H2,1H3,(H,19,20,22). The van der Waals surface area contributed by atoms with E-state index in [1.165, 1.54) is 4.90 Å². The molecular formula is C17H16BrN3O4. The number of hydrogen-bond acceptors (Lipinski definition) is 5.